The van der Waals surface area contributed by atoms with Crippen LogP contribution in [0.15, 0.2) is 0 Å². The Morgan fingerprint density at radius 3 is 1.73 bits per heavy atom. The molecule has 1 rings (SSSR count). The summed E-state index contributed by atoms with van der Waals surface area (Å²) < 4.78 is 0. The second-order valence-electron chi connectivity index (χ2n) is 4.46. The summed E-state index contributed by atoms with van der Waals surface area (Å²) in [4.78, 5) is 0. The third-order valence-electron chi connectivity index (χ3n) is 3.05. The van der Waals surface area contributed by atoms with Crippen molar-refractivity contribution < 1.29 is 0 Å². The van der Waals surface area contributed by atoms with Crippen LogP contribution in [0.3, 0.4) is 0 Å². The molecule has 1 saturated carbocycles. The van der Waals surface area contributed by atoms with Crippen molar-refractivity contribution in [3.63, 3.8) is 0 Å². The molecule has 0 N–H and O–H groups in total. The van der Waals surface area contributed by atoms with E-state index < -0.39 is 0 Å². The van der Waals surface area contributed by atoms with Crippen LogP contribution in [-0.2, 0) is 0 Å². The van der Waals surface area contributed by atoms with Crippen LogP contribution in [0.4, 0.5) is 0 Å². The van der Waals surface area contributed by atoms with Crippen molar-refractivity contribution in [2.75, 3.05) is 11.5 Å². The van der Waals surface area contributed by atoms with Crippen LogP contribution in [0.2, 0.25) is 0 Å². The van der Waals surface area contributed by atoms with Gasteiger partial charge in [0, 0.05) is 10.5 Å². The van der Waals surface area contributed by atoms with Crippen molar-refractivity contribution in [3.8, 4) is 0 Å². The minimum atomic E-state index is 0.985. The molecule has 0 amide bonds. The highest BCUT2D eigenvalue weighted by Gasteiger charge is 2.27. The minimum absolute atomic E-state index is 0.985. The van der Waals surface area contributed by atoms with Gasteiger partial charge in [0.15, 0.2) is 0 Å². The highest BCUT2D eigenvalue weighted by atomic mass is 32.2. The van der Waals surface area contributed by atoms with Gasteiger partial charge in [0.2, 0.25) is 0 Å². The lowest BCUT2D eigenvalue weighted by atomic mass is 10.4. The van der Waals surface area contributed by atoms with Crippen LogP contribution < -0.4 is 0 Å². The SMILES string of the molecule is CCCCSC1CCCC1SCCCC. The summed E-state index contributed by atoms with van der Waals surface area (Å²) in [6.07, 6.45) is 9.98. The monoisotopic (exact) mass is 246 g/mol. The molecule has 1 fully saturated rings. The Hall–Kier alpha value is 0.700. The van der Waals surface area contributed by atoms with Crippen LogP contribution in [0.1, 0.15) is 58.8 Å². The Labute approximate surface area is 104 Å². The zero-order valence-electron chi connectivity index (χ0n) is 10.3. The molecule has 0 spiro atoms. The maximum absolute atomic E-state index is 2.29. The van der Waals surface area contributed by atoms with E-state index in [1.165, 1.54) is 56.5 Å². The molecule has 0 bridgehead atoms. The molecule has 2 unspecified atom stereocenters. The Balaban J connectivity index is 2.11. The lowest BCUT2D eigenvalue weighted by Gasteiger charge is -2.18. The summed E-state index contributed by atoms with van der Waals surface area (Å²) in [5, 5.41) is 1.97. The van der Waals surface area contributed by atoms with Crippen molar-refractivity contribution in [3.05, 3.63) is 0 Å². The van der Waals surface area contributed by atoms with Crippen LogP contribution in [0.5, 0.6) is 0 Å². The molecule has 0 heterocycles. The molecule has 0 aromatic heterocycles. The Bertz CT molecular complexity index is 131. The van der Waals surface area contributed by atoms with Gasteiger partial charge in [-0.15, -0.1) is 0 Å². The first kappa shape index (κ1) is 13.8. The van der Waals surface area contributed by atoms with E-state index in [9.17, 15) is 0 Å². The smallest absolute Gasteiger partial charge is 0.0166 e. The van der Waals surface area contributed by atoms with E-state index in [1.807, 2.05) is 0 Å². The lowest BCUT2D eigenvalue weighted by molar-refractivity contribution is 0.869. The third-order valence-corrected chi connectivity index (χ3v) is 6.26. The van der Waals surface area contributed by atoms with Gasteiger partial charge in [0.1, 0.15) is 0 Å². The van der Waals surface area contributed by atoms with Crippen molar-refractivity contribution in [1.82, 2.24) is 0 Å². The van der Waals surface area contributed by atoms with Gasteiger partial charge in [-0.1, -0.05) is 33.1 Å². The van der Waals surface area contributed by atoms with Gasteiger partial charge in [0.05, 0.1) is 0 Å². The Morgan fingerprint density at radius 1 is 0.867 bits per heavy atom. The van der Waals surface area contributed by atoms with E-state index in [0.717, 1.165) is 10.5 Å². The molecule has 1 aliphatic carbocycles. The van der Waals surface area contributed by atoms with Crippen molar-refractivity contribution in [1.29, 1.82) is 0 Å². The van der Waals surface area contributed by atoms with E-state index in [4.69, 9.17) is 0 Å². The summed E-state index contributed by atoms with van der Waals surface area (Å²) in [6, 6.07) is 0. The highest BCUT2D eigenvalue weighted by Crippen LogP contribution is 2.38. The molecule has 1 aliphatic rings. The van der Waals surface area contributed by atoms with Crippen molar-refractivity contribution >= 4 is 23.5 Å². The topological polar surface area (TPSA) is 0 Å². The van der Waals surface area contributed by atoms with Crippen LogP contribution in [0, 0.1) is 0 Å². The van der Waals surface area contributed by atoms with E-state index in [0.29, 0.717) is 0 Å². The zero-order valence-corrected chi connectivity index (χ0v) is 12.0. The Morgan fingerprint density at radius 2 is 1.33 bits per heavy atom. The maximum Gasteiger partial charge on any atom is 0.0166 e. The molecule has 15 heavy (non-hydrogen) atoms. The molecule has 0 nitrogen and oxygen atoms in total. The number of hydrogen-bond acceptors (Lipinski definition) is 2. The second kappa shape index (κ2) is 8.81. The molecule has 0 aromatic carbocycles. The van der Waals surface area contributed by atoms with Gasteiger partial charge in [0.25, 0.3) is 0 Å². The fraction of sp³-hybridized carbons (Fsp3) is 1.00. The lowest BCUT2D eigenvalue weighted by Crippen LogP contribution is -2.13. The molecular formula is C13H26S2. The van der Waals surface area contributed by atoms with Crippen LogP contribution in [0.25, 0.3) is 0 Å². The van der Waals surface area contributed by atoms with E-state index in [-0.39, 0.29) is 0 Å². The average molecular weight is 246 g/mol. The predicted molar refractivity (Wildman–Crippen MR) is 76.2 cm³/mol. The molecule has 0 saturated heterocycles. The minimum Gasteiger partial charge on any atom is -0.157 e. The van der Waals surface area contributed by atoms with Gasteiger partial charge in [-0.2, -0.15) is 23.5 Å². The van der Waals surface area contributed by atoms with Gasteiger partial charge < -0.3 is 0 Å². The molecular weight excluding hydrogens is 220 g/mol. The summed E-state index contributed by atoms with van der Waals surface area (Å²) in [6.45, 7) is 4.59. The first-order valence-corrected chi connectivity index (χ1v) is 8.71. The molecule has 2 atom stereocenters. The number of thioether (sulfide) groups is 2. The third kappa shape index (κ3) is 5.53. The number of rotatable bonds is 8. The summed E-state index contributed by atoms with van der Waals surface area (Å²) in [7, 11) is 0. The largest absolute Gasteiger partial charge is 0.157 e. The van der Waals surface area contributed by atoms with Gasteiger partial charge >= 0.3 is 0 Å². The van der Waals surface area contributed by atoms with Crippen LogP contribution in [-0.4, -0.2) is 22.0 Å². The van der Waals surface area contributed by atoms with Crippen LogP contribution >= 0.6 is 23.5 Å². The Kier molecular flexibility index (Phi) is 8.08. The quantitative estimate of drug-likeness (QED) is 0.554. The molecule has 0 aliphatic heterocycles. The fourth-order valence-electron chi connectivity index (χ4n) is 2.03. The summed E-state index contributed by atoms with van der Waals surface area (Å²) >= 11 is 4.51. The van der Waals surface area contributed by atoms with Gasteiger partial charge in [-0.05, 0) is 37.2 Å². The summed E-state index contributed by atoms with van der Waals surface area (Å²) in [5.41, 5.74) is 0. The maximum atomic E-state index is 2.29. The fourth-order valence-corrected chi connectivity index (χ4v) is 5.39. The first-order valence-electron chi connectivity index (χ1n) is 6.61. The zero-order chi connectivity index (χ0) is 10.9. The van der Waals surface area contributed by atoms with Gasteiger partial charge in [-0.3, -0.25) is 0 Å². The average Bonchev–Trinajstić information content (AvgIpc) is 2.67. The first-order chi connectivity index (χ1) is 7.38. The normalized spacial score (nSPS) is 26.0. The standard InChI is InChI=1S/C13H26S2/c1-3-5-10-14-12-8-7-9-13(12)15-11-6-4-2/h12-13H,3-11H2,1-2H3. The van der Waals surface area contributed by atoms with E-state index in [2.05, 4.69) is 37.4 Å². The molecule has 0 radical (unpaired) electrons. The van der Waals surface area contributed by atoms with Crippen molar-refractivity contribution in [2.45, 2.75) is 69.3 Å². The van der Waals surface area contributed by atoms with Gasteiger partial charge in [-0.25, -0.2) is 0 Å². The highest BCUT2D eigenvalue weighted by molar-refractivity contribution is 8.03. The number of hydrogen-bond donors (Lipinski definition) is 0. The molecule has 90 valence electrons. The number of unbranched alkanes of at least 4 members (excludes halogenated alkanes) is 2. The molecule has 0 aromatic rings. The second-order valence-corrected chi connectivity index (χ2v) is 7.15. The summed E-state index contributed by atoms with van der Waals surface area (Å²) in [5.74, 6) is 2.79. The van der Waals surface area contributed by atoms with Crippen molar-refractivity contribution in [2.24, 2.45) is 0 Å². The predicted octanol–water partition coefficient (Wildman–Crippen LogP) is 4.97. The van der Waals surface area contributed by atoms with E-state index in [1.54, 1.807) is 0 Å². The van der Waals surface area contributed by atoms with E-state index >= 15 is 0 Å². The molecule has 2 heteroatoms.